The average molecular weight is 314 g/mol. The summed E-state index contributed by atoms with van der Waals surface area (Å²) in [4.78, 5) is 18.0. The van der Waals surface area contributed by atoms with Gasteiger partial charge in [-0.05, 0) is 56.3 Å². The first-order chi connectivity index (χ1) is 11.1. The second-order valence-electron chi connectivity index (χ2n) is 7.59. The molecule has 4 aliphatic rings. The molecule has 124 valence electrons. The zero-order chi connectivity index (χ0) is 16.0. The van der Waals surface area contributed by atoms with Gasteiger partial charge in [-0.25, -0.2) is 0 Å². The van der Waals surface area contributed by atoms with Crippen molar-refractivity contribution in [3.05, 3.63) is 29.8 Å². The van der Waals surface area contributed by atoms with Gasteiger partial charge < -0.3 is 14.5 Å². The van der Waals surface area contributed by atoms with Crippen LogP contribution in [0.25, 0.3) is 0 Å². The fourth-order valence-corrected chi connectivity index (χ4v) is 4.50. The highest BCUT2D eigenvalue weighted by molar-refractivity contribution is 5.91. The Labute approximate surface area is 138 Å². The Hall–Kier alpha value is -1.55. The molecule has 1 aliphatic carbocycles. The van der Waals surface area contributed by atoms with Crippen molar-refractivity contribution >= 4 is 5.91 Å². The van der Waals surface area contributed by atoms with Crippen LogP contribution in [0.2, 0.25) is 0 Å². The second kappa shape index (κ2) is 5.52. The first-order valence-electron chi connectivity index (χ1n) is 8.76. The van der Waals surface area contributed by atoms with Crippen molar-refractivity contribution in [2.45, 2.75) is 37.1 Å². The van der Waals surface area contributed by atoms with Gasteiger partial charge in [0, 0.05) is 25.7 Å². The van der Waals surface area contributed by atoms with Crippen molar-refractivity contribution in [3.63, 3.8) is 0 Å². The van der Waals surface area contributed by atoms with Gasteiger partial charge in [-0.3, -0.25) is 4.79 Å². The molecule has 2 bridgehead atoms. The number of hydrogen-bond donors (Lipinski definition) is 0. The summed E-state index contributed by atoms with van der Waals surface area (Å²) in [5.41, 5.74) is 0.909. The molecule has 4 fully saturated rings. The Morgan fingerprint density at radius 2 is 1.87 bits per heavy atom. The van der Waals surface area contributed by atoms with E-state index in [-0.39, 0.29) is 5.41 Å². The predicted octanol–water partition coefficient (Wildman–Crippen LogP) is 2.28. The molecular weight excluding hydrogens is 288 g/mol. The fourth-order valence-electron chi connectivity index (χ4n) is 4.50. The van der Waals surface area contributed by atoms with Crippen LogP contribution >= 0.6 is 0 Å². The van der Waals surface area contributed by atoms with E-state index in [0.29, 0.717) is 17.9 Å². The monoisotopic (exact) mass is 314 g/mol. The Morgan fingerprint density at radius 3 is 2.52 bits per heavy atom. The lowest BCUT2D eigenvalue weighted by Crippen LogP contribution is -2.51. The number of piperidine rings is 1. The third-order valence-electron chi connectivity index (χ3n) is 5.96. The third-order valence-corrected chi connectivity index (χ3v) is 5.96. The summed E-state index contributed by atoms with van der Waals surface area (Å²) in [6.07, 6.45) is 4.41. The Kier molecular flexibility index (Phi) is 3.60. The normalized spacial score (nSPS) is 29.2. The van der Waals surface area contributed by atoms with Crippen molar-refractivity contribution in [1.29, 1.82) is 0 Å². The van der Waals surface area contributed by atoms with Gasteiger partial charge >= 0.3 is 0 Å². The van der Waals surface area contributed by atoms with Gasteiger partial charge in [0.1, 0.15) is 5.75 Å². The molecule has 1 saturated carbocycles. The minimum Gasteiger partial charge on any atom is -0.497 e. The standard InChI is InChI=1S/C19H26N2O2/c1-20-11-14-3-6-16(13-20)21(12-14)18(22)19(9-10-19)15-4-7-17(23-2)8-5-15/h4-5,7-8,14,16H,3,6,9-13H2,1-2H3/t14-,16+/m0/s1. The number of nitrogens with zero attached hydrogens (tertiary/aromatic N) is 2. The maximum atomic E-state index is 13.4. The van der Waals surface area contributed by atoms with Crippen LogP contribution in [0.15, 0.2) is 24.3 Å². The Balaban J connectivity index is 1.58. The van der Waals surface area contributed by atoms with E-state index in [0.717, 1.165) is 43.8 Å². The lowest BCUT2D eigenvalue weighted by Gasteiger charge is -2.38. The average Bonchev–Trinajstić information content (AvgIpc) is 3.39. The van der Waals surface area contributed by atoms with E-state index in [2.05, 4.69) is 29.0 Å². The highest BCUT2D eigenvalue weighted by Gasteiger charge is 2.54. The van der Waals surface area contributed by atoms with E-state index in [1.54, 1.807) is 7.11 Å². The second-order valence-corrected chi connectivity index (χ2v) is 7.59. The molecule has 0 aromatic heterocycles. The van der Waals surface area contributed by atoms with E-state index < -0.39 is 0 Å². The van der Waals surface area contributed by atoms with Crippen LogP contribution in [0, 0.1) is 5.92 Å². The van der Waals surface area contributed by atoms with Gasteiger partial charge in [0.2, 0.25) is 5.91 Å². The Bertz CT molecular complexity index is 594. The van der Waals surface area contributed by atoms with Gasteiger partial charge in [0.05, 0.1) is 12.5 Å². The largest absolute Gasteiger partial charge is 0.497 e. The smallest absolute Gasteiger partial charge is 0.233 e. The number of likely N-dealkylation sites (N-methyl/N-ethyl adjacent to an activating group) is 1. The summed E-state index contributed by atoms with van der Waals surface area (Å²) in [5, 5.41) is 0. The van der Waals surface area contributed by atoms with Gasteiger partial charge in [0.15, 0.2) is 0 Å². The molecular formula is C19H26N2O2. The number of carbonyl (C=O) groups excluding carboxylic acids is 1. The molecule has 3 saturated heterocycles. The number of fused-ring (bicyclic) bond motifs is 4. The van der Waals surface area contributed by atoms with Gasteiger partial charge in [-0.1, -0.05) is 12.1 Å². The van der Waals surface area contributed by atoms with Crippen molar-refractivity contribution in [2.75, 3.05) is 33.8 Å². The maximum absolute atomic E-state index is 13.4. The van der Waals surface area contributed by atoms with E-state index in [9.17, 15) is 4.79 Å². The zero-order valence-corrected chi connectivity index (χ0v) is 14.1. The van der Waals surface area contributed by atoms with Crippen LogP contribution < -0.4 is 4.74 Å². The maximum Gasteiger partial charge on any atom is 0.233 e. The topological polar surface area (TPSA) is 32.8 Å². The highest BCUT2D eigenvalue weighted by Crippen LogP contribution is 2.51. The predicted molar refractivity (Wildman–Crippen MR) is 89.6 cm³/mol. The number of rotatable bonds is 3. The van der Waals surface area contributed by atoms with Crippen molar-refractivity contribution < 1.29 is 9.53 Å². The minimum absolute atomic E-state index is 0.255. The van der Waals surface area contributed by atoms with E-state index >= 15 is 0 Å². The molecule has 23 heavy (non-hydrogen) atoms. The summed E-state index contributed by atoms with van der Waals surface area (Å²) in [6.45, 7) is 3.11. The number of hydrogen-bond acceptors (Lipinski definition) is 3. The zero-order valence-electron chi connectivity index (χ0n) is 14.1. The summed E-state index contributed by atoms with van der Waals surface area (Å²) in [7, 11) is 3.87. The summed E-state index contributed by atoms with van der Waals surface area (Å²) in [5.74, 6) is 1.87. The molecule has 0 N–H and O–H groups in total. The molecule has 3 aliphatic heterocycles. The van der Waals surface area contributed by atoms with E-state index in [1.165, 1.54) is 12.8 Å². The first-order valence-corrected chi connectivity index (χ1v) is 8.76. The lowest BCUT2D eigenvalue weighted by atomic mass is 9.89. The number of benzene rings is 1. The molecule has 5 rings (SSSR count). The number of methoxy groups -OCH3 is 1. The number of amides is 1. The summed E-state index contributed by atoms with van der Waals surface area (Å²) >= 11 is 0. The van der Waals surface area contributed by atoms with E-state index in [1.807, 2.05) is 12.1 Å². The summed E-state index contributed by atoms with van der Waals surface area (Å²) in [6, 6.07) is 8.51. The minimum atomic E-state index is -0.255. The summed E-state index contributed by atoms with van der Waals surface area (Å²) < 4.78 is 5.25. The van der Waals surface area contributed by atoms with Crippen LogP contribution in [0.5, 0.6) is 5.75 Å². The Morgan fingerprint density at radius 1 is 1.13 bits per heavy atom. The van der Waals surface area contributed by atoms with Crippen LogP contribution in [-0.4, -0.2) is 55.5 Å². The highest BCUT2D eigenvalue weighted by atomic mass is 16.5. The van der Waals surface area contributed by atoms with Crippen molar-refractivity contribution in [2.24, 2.45) is 5.92 Å². The molecule has 4 nitrogen and oxygen atoms in total. The van der Waals surface area contributed by atoms with Gasteiger partial charge in [0.25, 0.3) is 0 Å². The molecule has 2 atom stereocenters. The fraction of sp³-hybridized carbons (Fsp3) is 0.632. The van der Waals surface area contributed by atoms with E-state index in [4.69, 9.17) is 4.74 Å². The molecule has 4 heteroatoms. The molecule has 0 spiro atoms. The molecule has 3 heterocycles. The SMILES string of the molecule is COc1ccc(C2(C(=O)N3C[C@H]4CC[C@@H]3CN(C)C4)CC2)cc1. The van der Waals surface area contributed by atoms with Crippen molar-refractivity contribution in [3.8, 4) is 5.75 Å². The van der Waals surface area contributed by atoms with Gasteiger partial charge in [-0.2, -0.15) is 0 Å². The molecule has 1 aromatic carbocycles. The van der Waals surface area contributed by atoms with Gasteiger partial charge in [-0.15, -0.1) is 0 Å². The third kappa shape index (κ3) is 2.53. The van der Waals surface area contributed by atoms with Crippen LogP contribution in [0.4, 0.5) is 0 Å². The number of ether oxygens (including phenoxy) is 1. The number of carbonyl (C=O) groups is 1. The molecule has 0 radical (unpaired) electrons. The van der Waals surface area contributed by atoms with Crippen LogP contribution in [0.1, 0.15) is 31.2 Å². The molecule has 1 amide bonds. The first kappa shape index (κ1) is 15.0. The van der Waals surface area contributed by atoms with Crippen LogP contribution in [-0.2, 0) is 10.2 Å². The molecule has 0 unspecified atom stereocenters. The molecule has 1 aromatic rings. The quantitative estimate of drug-likeness (QED) is 0.858. The van der Waals surface area contributed by atoms with Crippen LogP contribution in [0.3, 0.4) is 0 Å². The lowest BCUT2D eigenvalue weighted by molar-refractivity contribution is -0.138. The van der Waals surface area contributed by atoms with Crippen molar-refractivity contribution in [1.82, 2.24) is 9.80 Å².